The highest BCUT2D eigenvalue weighted by Gasteiger charge is 2.49. The number of carbonyl (C=O) groups is 1. The van der Waals surface area contributed by atoms with Crippen LogP contribution in [-0.2, 0) is 14.9 Å². The van der Waals surface area contributed by atoms with Crippen LogP contribution in [0.5, 0.6) is 0 Å². The SMILES string of the molecule is COC(=O)C(CN)(c1cccc(C)c1)C(F)F. The van der Waals surface area contributed by atoms with Gasteiger partial charge in [-0.15, -0.1) is 0 Å². The zero-order chi connectivity index (χ0) is 13.1. The summed E-state index contributed by atoms with van der Waals surface area (Å²) in [5.74, 6) is -1.01. The monoisotopic (exact) mass is 243 g/mol. The lowest BCUT2D eigenvalue weighted by Gasteiger charge is -2.29. The number of esters is 1. The molecule has 17 heavy (non-hydrogen) atoms. The maximum atomic E-state index is 13.2. The lowest BCUT2D eigenvalue weighted by atomic mass is 9.80. The van der Waals surface area contributed by atoms with Crippen molar-refractivity contribution in [2.24, 2.45) is 5.73 Å². The molecule has 0 heterocycles. The van der Waals surface area contributed by atoms with Gasteiger partial charge < -0.3 is 10.5 Å². The first-order valence-corrected chi connectivity index (χ1v) is 5.12. The zero-order valence-corrected chi connectivity index (χ0v) is 9.74. The predicted molar refractivity (Wildman–Crippen MR) is 59.9 cm³/mol. The molecule has 0 saturated heterocycles. The van der Waals surface area contributed by atoms with E-state index in [1.54, 1.807) is 19.1 Å². The van der Waals surface area contributed by atoms with Gasteiger partial charge in [0, 0.05) is 6.54 Å². The molecule has 3 nitrogen and oxygen atoms in total. The number of hydrogen-bond donors (Lipinski definition) is 1. The van der Waals surface area contributed by atoms with Gasteiger partial charge in [-0.3, -0.25) is 4.79 Å². The van der Waals surface area contributed by atoms with Crippen LogP contribution >= 0.6 is 0 Å². The summed E-state index contributed by atoms with van der Waals surface area (Å²) in [5, 5.41) is 0. The Morgan fingerprint density at radius 2 is 2.18 bits per heavy atom. The van der Waals surface area contributed by atoms with Gasteiger partial charge in [0.2, 0.25) is 0 Å². The molecule has 0 aliphatic carbocycles. The Morgan fingerprint density at radius 3 is 2.59 bits per heavy atom. The quantitative estimate of drug-likeness (QED) is 0.818. The van der Waals surface area contributed by atoms with Crippen LogP contribution in [0.15, 0.2) is 24.3 Å². The number of halogens is 2. The Kier molecular flexibility index (Phi) is 4.17. The summed E-state index contributed by atoms with van der Waals surface area (Å²) in [4.78, 5) is 11.6. The number of alkyl halides is 2. The molecule has 0 saturated carbocycles. The van der Waals surface area contributed by atoms with Gasteiger partial charge >= 0.3 is 5.97 Å². The first kappa shape index (κ1) is 13.6. The standard InChI is InChI=1S/C12H15F2NO2/c1-8-4-3-5-9(6-8)12(7-15,10(13)14)11(16)17-2/h3-6,10H,7,15H2,1-2H3. The van der Waals surface area contributed by atoms with Crippen molar-refractivity contribution in [1.29, 1.82) is 0 Å². The average Bonchev–Trinajstić information content (AvgIpc) is 2.30. The smallest absolute Gasteiger partial charge is 0.323 e. The van der Waals surface area contributed by atoms with Crippen molar-refractivity contribution in [3.63, 3.8) is 0 Å². The molecule has 1 aromatic rings. The predicted octanol–water partition coefficient (Wildman–Crippen LogP) is 1.63. The number of ether oxygens (including phenoxy) is 1. The van der Waals surface area contributed by atoms with E-state index in [4.69, 9.17) is 5.73 Å². The molecule has 1 unspecified atom stereocenters. The second-order valence-electron chi connectivity index (χ2n) is 3.84. The van der Waals surface area contributed by atoms with E-state index in [2.05, 4.69) is 4.74 Å². The van der Waals surface area contributed by atoms with Gasteiger partial charge in [0.15, 0.2) is 5.41 Å². The molecular weight excluding hydrogens is 228 g/mol. The van der Waals surface area contributed by atoms with E-state index in [0.29, 0.717) is 0 Å². The highest BCUT2D eigenvalue weighted by molar-refractivity contribution is 5.84. The Morgan fingerprint density at radius 1 is 1.53 bits per heavy atom. The van der Waals surface area contributed by atoms with Crippen molar-refractivity contribution in [2.45, 2.75) is 18.8 Å². The number of hydrogen-bond acceptors (Lipinski definition) is 3. The molecule has 0 spiro atoms. The lowest BCUT2D eigenvalue weighted by molar-refractivity contribution is -0.153. The highest BCUT2D eigenvalue weighted by Crippen LogP contribution is 2.32. The number of benzene rings is 1. The van der Waals surface area contributed by atoms with Crippen molar-refractivity contribution in [1.82, 2.24) is 0 Å². The highest BCUT2D eigenvalue weighted by atomic mass is 19.3. The molecule has 1 aromatic carbocycles. The van der Waals surface area contributed by atoms with E-state index < -0.39 is 24.4 Å². The summed E-state index contributed by atoms with van der Waals surface area (Å²) in [6.45, 7) is 1.26. The lowest BCUT2D eigenvalue weighted by Crippen LogP contribution is -2.49. The third-order valence-electron chi connectivity index (χ3n) is 2.78. The van der Waals surface area contributed by atoms with Crippen LogP contribution in [-0.4, -0.2) is 26.0 Å². The molecule has 0 aliphatic heterocycles. The van der Waals surface area contributed by atoms with Gasteiger partial charge in [-0.2, -0.15) is 0 Å². The number of aryl methyl sites for hydroxylation is 1. The van der Waals surface area contributed by atoms with Crippen LogP contribution in [0.25, 0.3) is 0 Å². The number of nitrogens with two attached hydrogens (primary N) is 1. The van der Waals surface area contributed by atoms with E-state index in [1.807, 2.05) is 0 Å². The van der Waals surface area contributed by atoms with Crippen LogP contribution in [0.4, 0.5) is 8.78 Å². The summed E-state index contributed by atoms with van der Waals surface area (Å²) < 4.78 is 30.9. The molecule has 0 amide bonds. The second kappa shape index (κ2) is 5.23. The molecule has 0 bridgehead atoms. The average molecular weight is 243 g/mol. The van der Waals surface area contributed by atoms with Crippen molar-refractivity contribution in [3.8, 4) is 0 Å². The van der Waals surface area contributed by atoms with Gasteiger partial charge in [-0.05, 0) is 12.5 Å². The maximum absolute atomic E-state index is 13.2. The van der Waals surface area contributed by atoms with Gasteiger partial charge in [-0.1, -0.05) is 29.8 Å². The molecule has 0 aliphatic rings. The minimum absolute atomic E-state index is 0.182. The number of methoxy groups -OCH3 is 1. The second-order valence-corrected chi connectivity index (χ2v) is 3.84. The summed E-state index contributed by atoms with van der Waals surface area (Å²) in [6, 6.07) is 6.35. The number of carbonyl (C=O) groups excluding carboxylic acids is 1. The van der Waals surface area contributed by atoms with Crippen LogP contribution in [0.2, 0.25) is 0 Å². The van der Waals surface area contributed by atoms with Gasteiger partial charge in [0.05, 0.1) is 7.11 Å². The fourth-order valence-electron chi connectivity index (χ4n) is 1.73. The van der Waals surface area contributed by atoms with Crippen molar-refractivity contribution >= 4 is 5.97 Å². The fraction of sp³-hybridized carbons (Fsp3) is 0.417. The molecule has 0 aromatic heterocycles. The molecule has 2 N–H and O–H groups in total. The normalized spacial score (nSPS) is 14.5. The van der Waals surface area contributed by atoms with Crippen LogP contribution in [0.1, 0.15) is 11.1 Å². The first-order valence-electron chi connectivity index (χ1n) is 5.12. The van der Waals surface area contributed by atoms with Gasteiger partial charge in [-0.25, -0.2) is 8.78 Å². The molecule has 0 radical (unpaired) electrons. The molecule has 1 atom stereocenters. The van der Waals surface area contributed by atoms with E-state index >= 15 is 0 Å². The minimum atomic E-state index is -2.92. The van der Waals surface area contributed by atoms with Crippen molar-refractivity contribution in [3.05, 3.63) is 35.4 Å². The summed E-state index contributed by atoms with van der Waals surface area (Å²) in [5.41, 5.74) is 4.27. The van der Waals surface area contributed by atoms with E-state index in [9.17, 15) is 13.6 Å². The fourth-order valence-corrected chi connectivity index (χ4v) is 1.73. The largest absolute Gasteiger partial charge is 0.468 e. The topological polar surface area (TPSA) is 52.3 Å². The van der Waals surface area contributed by atoms with E-state index in [1.165, 1.54) is 12.1 Å². The van der Waals surface area contributed by atoms with E-state index in [-0.39, 0.29) is 5.56 Å². The first-order chi connectivity index (χ1) is 7.98. The Balaban J connectivity index is 3.37. The Hall–Kier alpha value is -1.49. The third-order valence-corrected chi connectivity index (χ3v) is 2.78. The zero-order valence-electron chi connectivity index (χ0n) is 9.74. The van der Waals surface area contributed by atoms with Crippen LogP contribution < -0.4 is 5.73 Å². The van der Waals surface area contributed by atoms with Gasteiger partial charge in [0.25, 0.3) is 6.43 Å². The van der Waals surface area contributed by atoms with E-state index in [0.717, 1.165) is 12.7 Å². The Labute approximate surface area is 98.6 Å². The Bertz CT molecular complexity index is 409. The summed E-state index contributed by atoms with van der Waals surface area (Å²) in [7, 11) is 1.07. The molecular formula is C12H15F2NO2. The minimum Gasteiger partial charge on any atom is -0.468 e. The van der Waals surface area contributed by atoms with Crippen LogP contribution in [0.3, 0.4) is 0 Å². The molecule has 1 rings (SSSR count). The van der Waals surface area contributed by atoms with Crippen molar-refractivity contribution in [2.75, 3.05) is 13.7 Å². The van der Waals surface area contributed by atoms with Gasteiger partial charge in [0.1, 0.15) is 0 Å². The summed E-state index contributed by atoms with van der Waals surface area (Å²) in [6.07, 6.45) is -2.92. The maximum Gasteiger partial charge on any atom is 0.323 e. The number of rotatable bonds is 4. The molecule has 5 heteroatoms. The molecule has 0 fully saturated rings. The van der Waals surface area contributed by atoms with Crippen molar-refractivity contribution < 1.29 is 18.3 Å². The molecule has 94 valence electrons. The summed E-state index contributed by atoms with van der Waals surface area (Å²) >= 11 is 0. The van der Waals surface area contributed by atoms with Crippen LogP contribution in [0, 0.1) is 6.92 Å². The third kappa shape index (κ3) is 2.29.